The fourth-order valence-electron chi connectivity index (χ4n) is 1.58. The Hall–Kier alpha value is -1.62. The van der Waals surface area contributed by atoms with E-state index in [1.54, 1.807) is 21.3 Å². The maximum atomic E-state index is 9.25. The van der Waals surface area contributed by atoms with Gasteiger partial charge in [-0.1, -0.05) is 13.8 Å². The van der Waals surface area contributed by atoms with E-state index in [1.807, 2.05) is 26.0 Å². The lowest BCUT2D eigenvalue weighted by Crippen LogP contribution is -2.26. The maximum Gasteiger partial charge on any atom is 0.203 e. The normalized spacial score (nSPS) is 11.1. The number of benzene rings is 1. The van der Waals surface area contributed by atoms with Crippen LogP contribution in [0.15, 0.2) is 12.1 Å². The zero-order valence-electron chi connectivity index (χ0n) is 12.2. The molecule has 5 nitrogen and oxygen atoms in total. The van der Waals surface area contributed by atoms with Crippen LogP contribution in [0.2, 0.25) is 0 Å². The molecular formula is C14H23NO4. The van der Waals surface area contributed by atoms with Gasteiger partial charge in [0.25, 0.3) is 0 Å². The third kappa shape index (κ3) is 3.92. The number of aliphatic hydroxyl groups excluding tert-OH is 1. The average Bonchev–Trinajstić information content (AvgIpc) is 2.43. The van der Waals surface area contributed by atoms with Gasteiger partial charge in [0.15, 0.2) is 11.5 Å². The Bertz CT molecular complexity index is 393. The Labute approximate surface area is 114 Å². The molecule has 1 rings (SSSR count). The molecule has 0 saturated carbocycles. The third-order valence-corrected chi connectivity index (χ3v) is 2.86. The molecule has 0 aromatic heterocycles. The zero-order chi connectivity index (χ0) is 14.5. The smallest absolute Gasteiger partial charge is 0.203 e. The van der Waals surface area contributed by atoms with Crippen molar-refractivity contribution in [1.29, 1.82) is 0 Å². The number of rotatable bonds is 7. The molecule has 0 saturated heterocycles. The summed E-state index contributed by atoms with van der Waals surface area (Å²) in [4.78, 5) is 0. The van der Waals surface area contributed by atoms with Gasteiger partial charge in [-0.2, -0.15) is 0 Å². The van der Waals surface area contributed by atoms with E-state index in [0.717, 1.165) is 5.69 Å². The van der Waals surface area contributed by atoms with Crippen molar-refractivity contribution in [3.8, 4) is 17.2 Å². The van der Waals surface area contributed by atoms with Crippen LogP contribution in [0.5, 0.6) is 17.2 Å². The summed E-state index contributed by atoms with van der Waals surface area (Å²) in [6, 6.07) is 3.68. The lowest BCUT2D eigenvalue weighted by atomic mass is 9.95. The van der Waals surface area contributed by atoms with Gasteiger partial charge in [0.1, 0.15) is 0 Å². The van der Waals surface area contributed by atoms with Crippen LogP contribution in [0.4, 0.5) is 5.69 Å². The number of anilines is 1. The van der Waals surface area contributed by atoms with Crippen molar-refractivity contribution in [2.75, 3.05) is 39.8 Å². The fourth-order valence-corrected chi connectivity index (χ4v) is 1.58. The second-order valence-corrected chi connectivity index (χ2v) is 5.09. The molecule has 0 aliphatic heterocycles. The number of hydrogen-bond donors (Lipinski definition) is 2. The van der Waals surface area contributed by atoms with Crippen molar-refractivity contribution >= 4 is 5.69 Å². The summed E-state index contributed by atoms with van der Waals surface area (Å²) in [5, 5.41) is 12.5. The molecule has 0 spiro atoms. The molecule has 19 heavy (non-hydrogen) atoms. The van der Waals surface area contributed by atoms with Gasteiger partial charge in [0.05, 0.1) is 21.3 Å². The monoisotopic (exact) mass is 269 g/mol. The SMILES string of the molecule is COc1cc(NCC(C)(C)CO)cc(OC)c1OC. The molecule has 0 aliphatic rings. The first-order valence-electron chi connectivity index (χ1n) is 6.12. The molecule has 0 unspecified atom stereocenters. The lowest BCUT2D eigenvalue weighted by molar-refractivity contribution is 0.171. The minimum Gasteiger partial charge on any atom is -0.493 e. The highest BCUT2D eigenvalue weighted by molar-refractivity contribution is 5.62. The molecule has 5 heteroatoms. The topological polar surface area (TPSA) is 60.0 Å². The number of nitrogens with one attached hydrogen (secondary N) is 1. The standard InChI is InChI=1S/C14H23NO4/c1-14(2,9-16)8-15-10-6-11(17-3)13(19-5)12(7-10)18-4/h6-7,15-16H,8-9H2,1-5H3. The summed E-state index contributed by atoms with van der Waals surface area (Å²) in [7, 11) is 4.74. The second kappa shape index (κ2) is 6.52. The van der Waals surface area contributed by atoms with Gasteiger partial charge in [-0.25, -0.2) is 0 Å². The summed E-state index contributed by atoms with van der Waals surface area (Å²) in [6.45, 7) is 4.72. The minimum absolute atomic E-state index is 0.116. The molecule has 108 valence electrons. The van der Waals surface area contributed by atoms with Crippen LogP contribution in [-0.4, -0.2) is 39.6 Å². The highest BCUT2D eigenvalue weighted by Gasteiger charge is 2.18. The molecule has 2 N–H and O–H groups in total. The molecule has 0 aliphatic carbocycles. The molecule has 0 radical (unpaired) electrons. The maximum absolute atomic E-state index is 9.25. The Kier molecular flexibility index (Phi) is 5.30. The molecule has 0 bridgehead atoms. The van der Waals surface area contributed by atoms with Gasteiger partial charge in [-0.05, 0) is 0 Å². The van der Waals surface area contributed by atoms with Crippen molar-refractivity contribution in [1.82, 2.24) is 0 Å². The molecule has 1 aromatic rings. The van der Waals surface area contributed by atoms with E-state index in [0.29, 0.717) is 23.8 Å². The van der Waals surface area contributed by atoms with E-state index >= 15 is 0 Å². The first kappa shape index (κ1) is 15.4. The average molecular weight is 269 g/mol. The highest BCUT2D eigenvalue weighted by atomic mass is 16.5. The van der Waals surface area contributed by atoms with Gasteiger partial charge in [0, 0.05) is 36.4 Å². The van der Waals surface area contributed by atoms with Gasteiger partial charge in [-0.3, -0.25) is 0 Å². The third-order valence-electron chi connectivity index (χ3n) is 2.86. The first-order valence-corrected chi connectivity index (χ1v) is 6.12. The van der Waals surface area contributed by atoms with Crippen LogP contribution in [0.3, 0.4) is 0 Å². The number of ether oxygens (including phenoxy) is 3. The lowest BCUT2D eigenvalue weighted by Gasteiger charge is -2.23. The minimum atomic E-state index is -0.194. The second-order valence-electron chi connectivity index (χ2n) is 5.09. The Morgan fingerprint density at radius 3 is 1.95 bits per heavy atom. The summed E-state index contributed by atoms with van der Waals surface area (Å²) in [5.41, 5.74) is 0.663. The van der Waals surface area contributed by atoms with Crippen molar-refractivity contribution < 1.29 is 19.3 Å². The zero-order valence-corrected chi connectivity index (χ0v) is 12.2. The molecule has 1 aromatic carbocycles. The van der Waals surface area contributed by atoms with Gasteiger partial charge in [-0.15, -0.1) is 0 Å². The van der Waals surface area contributed by atoms with Crippen molar-refractivity contribution in [2.45, 2.75) is 13.8 Å². The Morgan fingerprint density at radius 2 is 1.58 bits per heavy atom. The summed E-state index contributed by atoms with van der Waals surface area (Å²) in [5.74, 6) is 1.77. The predicted octanol–water partition coefficient (Wildman–Crippen LogP) is 2.14. The van der Waals surface area contributed by atoms with E-state index in [1.165, 1.54) is 0 Å². The Balaban J connectivity index is 2.97. The first-order chi connectivity index (χ1) is 8.97. The van der Waals surface area contributed by atoms with Gasteiger partial charge >= 0.3 is 0 Å². The molecule has 0 heterocycles. The van der Waals surface area contributed by atoms with Crippen LogP contribution in [-0.2, 0) is 0 Å². The fraction of sp³-hybridized carbons (Fsp3) is 0.571. The van der Waals surface area contributed by atoms with Crippen molar-refractivity contribution in [3.63, 3.8) is 0 Å². The van der Waals surface area contributed by atoms with E-state index < -0.39 is 0 Å². The van der Waals surface area contributed by atoms with E-state index in [9.17, 15) is 5.11 Å². The van der Waals surface area contributed by atoms with E-state index in [4.69, 9.17) is 14.2 Å². The predicted molar refractivity (Wildman–Crippen MR) is 75.5 cm³/mol. The summed E-state index contributed by atoms with van der Waals surface area (Å²) < 4.78 is 15.8. The molecular weight excluding hydrogens is 246 g/mol. The molecule has 0 fully saturated rings. The van der Waals surface area contributed by atoms with Crippen LogP contribution < -0.4 is 19.5 Å². The van der Waals surface area contributed by atoms with Crippen LogP contribution in [0, 0.1) is 5.41 Å². The van der Waals surface area contributed by atoms with Gasteiger partial charge in [0.2, 0.25) is 5.75 Å². The van der Waals surface area contributed by atoms with Crippen LogP contribution in [0.1, 0.15) is 13.8 Å². The number of hydrogen-bond acceptors (Lipinski definition) is 5. The van der Waals surface area contributed by atoms with Crippen molar-refractivity contribution in [2.24, 2.45) is 5.41 Å². The summed E-state index contributed by atoms with van der Waals surface area (Å²) >= 11 is 0. The van der Waals surface area contributed by atoms with Crippen LogP contribution in [0.25, 0.3) is 0 Å². The number of methoxy groups -OCH3 is 3. The molecule has 0 atom stereocenters. The van der Waals surface area contributed by atoms with E-state index in [-0.39, 0.29) is 12.0 Å². The summed E-state index contributed by atoms with van der Waals surface area (Å²) in [6.07, 6.45) is 0. The highest BCUT2D eigenvalue weighted by Crippen LogP contribution is 2.40. The van der Waals surface area contributed by atoms with Crippen LogP contribution >= 0.6 is 0 Å². The molecule has 0 amide bonds. The Morgan fingerprint density at radius 1 is 1.05 bits per heavy atom. The quantitative estimate of drug-likeness (QED) is 0.794. The largest absolute Gasteiger partial charge is 0.493 e. The van der Waals surface area contributed by atoms with Gasteiger partial charge < -0.3 is 24.6 Å². The van der Waals surface area contributed by atoms with Crippen molar-refractivity contribution in [3.05, 3.63) is 12.1 Å². The van der Waals surface area contributed by atoms with E-state index in [2.05, 4.69) is 5.32 Å². The number of aliphatic hydroxyl groups is 1.